The number of thiazole rings is 1. The predicted molar refractivity (Wildman–Crippen MR) is 95.8 cm³/mol. The van der Waals surface area contributed by atoms with Crippen molar-refractivity contribution in [2.45, 2.75) is 39.3 Å². The fourth-order valence-corrected chi connectivity index (χ4v) is 2.79. The van der Waals surface area contributed by atoms with Crippen molar-refractivity contribution in [1.29, 1.82) is 0 Å². The number of methoxy groups -OCH3 is 1. The SMILES string of the molecule is CCC(C)(NC(=O)c1cccc(OCc2csc(C)n2)c1)C(=O)OC. The Kier molecular flexibility index (Phi) is 6.14. The summed E-state index contributed by atoms with van der Waals surface area (Å²) in [6.07, 6.45) is 0.421. The van der Waals surface area contributed by atoms with Gasteiger partial charge in [-0.15, -0.1) is 11.3 Å². The summed E-state index contributed by atoms with van der Waals surface area (Å²) < 4.78 is 10.5. The smallest absolute Gasteiger partial charge is 0.331 e. The number of nitrogens with one attached hydrogen (secondary N) is 1. The van der Waals surface area contributed by atoms with E-state index in [0.717, 1.165) is 10.7 Å². The Morgan fingerprint density at radius 1 is 1.36 bits per heavy atom. The third-order valence-corrected chi connectivity index (χ3v) is 4.70. The Morgan fingerprint density at radius 2 is 2.12 bits per heavy atom. The number of nitrogens with zero attached hydrogens (tertiary/aromatic N) is 1. The van der Waals surface area contributed by atoms with E-state index in [9.17, 15) is 9.59 Å². The van der Waals surface area contributed by atoms with E-state index in [1.165, 1.54) is 7.11 Å². The van der Waals surface area contributed by atoms with Crippen LogP contribution in [0.25, 0.3) is 0 Å². The van der Waals surface area contributed by atoms with E-state index in [0.29, 0.717) is 24.3 Å². The monoisotopic (exact) mass is 362 g/mol. The number of ether oxygens (including phenoxy) is 2. The summed E-state index contributed by atoms with van der Waals surface area (Å²) in [5.74, 6) is -0.270. The van der Waals surface area contributed by atoms with Crippen LogP contribution in [-0.4, -0.2) is 29.5 Å². The lowest BCUT2D eigenvalue weighted by Crippen LogP contribution is -2.52. The van der Waals surface area contributed by atoms with Gasteiger partial charge in [-0.2, -0.15) is 0 Å². The number of hydrogen-bond donors (Lipinski definition) is 1. The first kappa shape index (κ1) is 18.9. The molecule has 1 aromatic heterocycles. The minimum Gasteiger partial charge on any atom is -0.487 e. The first-order valence-corrected chi connectivity index (χ1v) is 8.80. The number of carbonyl (C=O) groups excluding carboxylic acids is 2. The maximum Gasteiger partial charge on any atom is 0.331 e. The molecule has 2 aromatic rings. The number of hydrogen-bond acceptors (Lipinski definition) is 6. The molecule has 0 aliphatic carbocycles. The van der Waals surface area contributed by atoms with Crippen LogP contribution >= 0.6 is 11.3 Å². The van der Waals surface area contributed by atoms with Crippen LogP contribution in [0, 0.1) is 6.92 Å². The zero-order chi connectivity index (χ0) is 18.4. The van der Waals surface area contributed by atoms with Crippen LogP contribution in [0.5, 0.6) is 5.75 Å². The second-order valence-corrected chi connectivity index (χ2v) is 6.87. The number of amides is 1. The molecule has 7 heteroatoms. The zero-order valence-corrected chi connectivity index (χ0v) is 15.6. The van der Waals surface area contributed by atoms with E-state index in [1.807, 2.05) is 19.2 Å². The van der Waals surface area contributed by atoms with Gasteiger partial charge in [0.2, 0.25) is 0 Å². The highest BCUT2D eigenvalue weighted by atomic mass is 32.1. The topological polar surface area (TPSA) is 77.5 Å². The Morgan fingerprint density at radius 3 is 2.72 bits per heavy atom. The van der Waals surface area contributed by atoms with Crippen LogP contribution in [0.1, 0.15) is 41.3 Å². The molecule has 25 heavy (non-hydrogen) atoms. The van der Waals surface area contributed by atoms with Crippen LogP contribution in [-0.2, 0) is 16.1 Å². The van der Waals surface area contributed by atoms with Gasteiger partial charge in [-0.25, -0.2) is 9.78 Å². The number of aromatic nitrogens is 1. The summed E-state index contributed by atoms with van der Waals surface area (Å²) in [5.41, 5.74) is 0.193. The third kappa shape index (κ3) is 4.79. The van der Waals surface area contributed by atoms with Crippen molar-refractivity contribution < 1.29 is 19.1 Å². The summed E-state index contributed by atoms with van der Waals surface area (Å²) in [5, 5.41) is 5.65. The van der Waals surface area contributed by atoms with Gasteiger partial charge in [0.1, 0.15) is 17.9 Å². The number of aryl methyl sites for hydroxylation is 1. The molecule has 0 fully saturated rings. The molecule has 0 spiro atoms. The molecule has 0 aliphatic rings. The highest BCUT2D eigenvalue weighted by Crippen LogP contribution is 2.18. The van der Waals surface area contributed by atoms with Crippen LogP contribution in [0.15, 0.2) is 29.6 Å². The van der Waals surface area contributed by atoms with Gasteiger partial charge in [-0.05, 0) is 38.5 Å². The van der Waals surface area contributed by atoms with Crippen LogP contribution in [0.4, 0.5) is 0 Å². The minimum absolute atomic E-state index is 0.338. The number of benzene rings is 1. The Balaban J connectivity index is 2.06. The highest BCUT2D eigenvalue weighted by molar-refractivity contribution is 7.09. The summed E-state index contributed by atoms with van der Waals surface area (Å²) in [4.78, 5) is 28.7. The second kappa shape index (κ2) is 8.11. The molecule has 0 aliphatic heterocycles. The fourth-order valence-electron chi connectivity index (χ4n) is 2.19. The Labute approximate surface area is 151 Å². The summed E-state index contributed by atoms with van der Waals surface area (Å²) in [6.45, 7) is 5.73. The summed E-state index contributed by atoms with van der Waals surface area (Å²) >= 11 is 1.56. The van der Waals surface area contributed by atoms with E-state index in [2.05, 4.69) is 10.3 Å². The van der Waals surface area contributed by atoms with Crippen molar-refractivity contribution in [3.05, 3.63) is 45.9 Å². The number of carbonyl (C=O) groups is 2. The third-order valence-electron chi connectivity index (χ3n) is 3.88. The molecule has 0 radical (unpaired) electrons. The van der Waals surface area contributed by atoms with Crippen molar-refractivity contribution in [3.63, 3.8) is 0 Å². The molecule has 1 unspecified atom stereocenters. The molecule has 2 rings (SSSR count). The van der Waals surface area contributed by atoms with Gasteiger partial charge in [-0.1, -0.05) is 13.0 Å². The molecular weight excluding hydrogens is 340 g/mol. The summed E-state index contributed by atoms with van der Waals surface area (Å²) in [7, 11) is 1.30. The van der Waals surface area contributed by atoms with Crippen molar-refractivity contribution in [3.8, 4) is 5.75 Å². The van der Waals surface area contributed by atoms with Crippen LogP contribution in [0.2, 0.25) is 0 Å². The van der Waals surface area contributed by atoms with E-state index >= 15 is 0 Å². The fraction of sp³-hybridized carbons (Fsp3) is 0.389. The maximum absolute atomic E-state index is 12.5. The lowest BCUT2D eigenvalue weighted by Gasteiger charge is -2.26. The molecule has 0 bridgehead atoms. The van der Waals surface area contributed by atoms with E-state index in [1.54, 1.807) is 42.5 Å². The first-order valence-electron chi connectivity index (χ1n) is 7.92. The molecule has 1 aromatic carbocycles. The molecule has 1 N–H and O–H groups in total. The van der Waals surface area contributed by atoms with Gasteiger partial charge in [0.15, 0.2) is 0 Å². The lowest BCUT2D eigenvalue weighted by atomic mass is 9.98. The highest BCUT2D eigenvalue weighted by Gasteiger charge is 2.34. The maximum atomic E-state index is 12.5. The molecule has 6 nitrogen and oxygen atoms in total. The van der Waals surface area contributed by atoms with E-state index < -0.39 is 11.5 Å². The largest absolute Gasteiger partial charge is 0.487 e. The average molecular weight is 362 g/mol. The van der Waals surface area contributed by atoms with Gasteiger partial charge in [-0.3, -0.25) is 4.79 Å². The minimum atomic E-state index is -1.07. The van der Waals surface area contributed by atoms with Crippen molar-refractivity contribution in [2.24, 2.45) is 0 Å². The van der Waals surface area contributed by atoms with Gasteiger partial charge < -0.3 is 14.8 Å². The quantitative estimate of drug-likeness (QED) is 0.766. The van der Waals surface area contributed by atoms with Crippen LogP contribution < -0.4 is 10.1 Å². The van der Waals surface area contributed by atoms with Gasteiger partial charge in [0.25, 0.3) is 5.91 Å². The molecule has 0 saturated heterocycles. The second-order valence-electron chi connectivity index (χ2n) is 5.81. The number of rotatable bonds is 7. The standard InChI is InChI=1S/C18H22N2O4S/c1-5-18(3,17(22)23-4)20-16(21)13-7-6-8-15(9-13)24-10-14-11-25-12(2)19-14/h6-9,11H,5,10H2,1-4H3,(H,20,21). The first-order chi connectivity index (χ1) is 11.9. The lowest BCUT2D eigenvalue weighted by molar-refractivity contribution is -0.147. The molecule has 1 amide bonds. The van der Waals surface area contributed by atoms with Crippen molar-refractivity contribution >= 4 is 23.2 Å². The molecule has 1 heterocycles. The van der Waals surface area contributed by atoms with Gasteiger partial charge in [0.05, 0.1) is 17.8 Å². The normalized spacial score (nSPS) is 13.0. The Hall–Kier alpha value is -2.41. The van der Waals surface area contributed by atoms with E-state index in [-0.39, 0.29) is 5.91 Å². The summed E-state index contributed by atoms with van der Waals surface area (Å²) in [6, 6.07) is 6.82. The van der Waals surface area contributed by atoms with E-state index in [4.69, 9.17) is 9.47 Å². The predicted octanol–water partition coefficient (Wildman–Crippen LogP) is 3.10. The molecule has 1 atom stereocenters. The number of esters is 1. The molecule has 134 valence electrons. The van der Waals surface area contributed by atoms with Gasteiger partial charge in [0, 0.05) is 10.9 Å². The van der Waals surface area contributed by atoms with Gasteiger partial charge >= 0.3 is 5.97 Å². The average Bonchev–Trinajstić information content (AvgIpc) is 3.04. The van der Waals surface area contributed by atoms with Crippen molar-refractivity contribution in [1.82, 2.24) is 10.3 Å². The molecule has 0 saturated carbocycles. The van der Waals surface area contributed by atoms with Crippen molar-refractivity contribution in [2.75, 3.05) is 7.11 Å². The molecular formula is C18H22N2O4S. The Bertz CT molecular complexity index is 759. The van der Waals surface area contributed by atoms with Crippen LogP contribution in [0.3, 0.4) is 0 Å². The zero-order valence-electron chi connectivity index (χ0n) is 14.8.